The van der Waals surface area contributed by atoms with Crippen molar-refractivity contribution in [2.45, 2.75) is 18.7 Å². The maximum atomic E-state index is 11.7. The number of hydrogen-bond donors (Lipinski definition) is 0. The van der Waals surface area contributed by atoms with E-state index in [0.29, 0.717) is 5.92 Å². The Morgan fingerprint density at radius 3 is 2.65 bits per heavy atom. The lowest BCUT2D eigenvalue weighted by atomic mass is 10.1. The minimum atomic E-state index is -0.398. The molecule has 0 aromatic carbocycles. The van der Waals surface area contributed by atoms with Crippen LogP contribution >= 0.6 is 11.6 Å². The van der Waals surface area contributed by atoms with Gasteiger partial charge in [-0.15, -0.1) is 11.6 Å². The van der Waals surface area contributed by atoms with E-state index in [-0.39, 0.29) is 5.91 Å². The fraction of sp³-hybridized carbons (Fsp3) is 0.917. The molecule has 0 aliphatic carbocycles. The Bertz CT molecular complexity index is 259. The molecular weight excluding hydrogens is 240 g/mol. The molecule has 98 valence electrons. The first kappa shape index (κ1) is 13.1. The van der Waals surface area contributed by atoms with Crippen molar-refractivity contribution in [2.24, 2.45) is 5.92 Å². The largest absolute Gasteiger partial charge is 0.381 e. The fourth-order valence-electron chi connectivity index (χ4n) is 2.49. The van der Waals surface area contributed by atoms with Crippen LogP contribution < -0.4 is 0 Å². The zero-order valence-electron chi connectivity index (χ0n) is 10.4. The van der Waals surface area contributed by atoms with E-state index in [1.807, 2.05) is 4.90 Å². The summed E-state index contributed by atoms with van der Waals surface area (Å²) < 4.78 is 5.38. The number of nitrogens with zero attached hydrogens (tertiary/aromatic N) is 2. The summed E-state index contributed by atoms with van der Waals surface area (Å²) in [7, 11) is 0. The van der Waals surface area contributed by atoms with Crippen LogP contribution in [0.1, 0.15) is 13.3 Å². The van der Waals surface area contributed by atoms with E-state index in [9.17, 15) is 4.79 Å². The van der Waals surface area contributed by atoms with Gasteiger partial charge in [0.25, 0.3) is 0 Å². The summed E-state index contributed by atoms with van der Waals surface area (Å²) >= 11 is 5.81. The summed E-state index contributed by atoms with van der Waals surface area (Å²) in [4.78, 5) is 16.0. The molecule has 0 bridgehead atoms. The second kappa shape index (κ2) is 6.03. The highest BCUT2D eigenvalue weighted by Gasteiger charge is 2.26. The molecule has 0 aromatic heterocycles. The van der Waals surface area contributed by atoms with Crippen molar-refractivity contribution in [3.05, 3.63) is 0 Å². The number of piperazine rings is 1. The first-order chi connectivity index (χ1) is 8.16. The number of carbonyl (C=O) groups excluding carboxylic acids is 1. The molecule has 2 aliphatic heterocycles. The molecule has 0 saturated carbocycles. The van der Waals surface area contributed by atoms with Crippen LogP contribution in [-0.2, 0) is 9.53 Å². The highest BCUT2D eigenvalue weighted by Crippen LogP contribution is 2.15. The molecule has 5 heteroatoms. The Morgan fingerprint density at radius 1 is 1.41 bits per heavy atom. The Kier molecular flexibility index (Phi) is 4.65. The molecule has 1 amide bonds. The maximum absolute atomic E-state index is 11.7. The molecule has 4 nitrogen and oxygen atoms in total. The van der Waals surface area contributed by atoms with Gasteiger partial charge in [0, 0.05) is 39.3 Å². The van der Waals surface area contributed by atoms with Crippen molar-refractivity contribution in [3.63, 3.8) is 0 Å². The molecule has 2 aliphatic rings. The average Bonchev–Trinajstić information content (AvgIpc) is 2.82. The molecular formula is C12H21ClN2O2. The highest BCUT2D eigenvalue weighted by atomic mass is 35.5. The smallest absolute Gasteiger partial charge is 0.240 e. The maximum Gasteiger partial charge on any atom is 0.240 e. The molecule has 2 saturated heterocycles. The van der Waals surface area contributed by atoms with E-state index in [1.165, 1.54) is 6.42 Å². The topological polar surface area (TPSA) is 32.8 Å². The zero-order chi connectivity index (χ0) is 12.3. The van der Waals surface area contributed by atoms with Crippen molar-refractivity contribution < 1.29 is 9.53 Å². The van der Waals surface area contributed by atoms with Crippen molar-refractivity contribution in [1.29, 1.82) is 0 Å². The number of halogens is 1. The molecule has 0 N–H and O–H groups in total. The van der Waals surface area contributed by atoms with Gasteiger partial charge in [-0.25, -0.2) is 0 Å². The molecule has 2 atom stereocenters. The number of hydrogen-bond acceptors (Lipinski definition) is 3. The third kappa shape index (κ3) is 3.57. The second-order valence-electron chi connectivity index (χ2n) is 4.97. The third-order valence-corrected chi connectivity index (χ3v) is 3.75. The molecule has 2 heterocycles. The zero-order valence-corrected chi connectivity index (χ0v) is 11.2. The minimum absolute atomic E-state index is 0.0653. The van der Waals surface area contributed by atoms with Crippen molar-refractivity contribution in [2.75, 3.05) is 45.9 Å². The van der Waals surface area contributed by atoms with Gasteiger partial charge in [-0.3, -0.25) is 9.69 Å². The Labute approximate surface area is 108 Å². The Balaban J connectivity index is 1.72. The second-order valence-corrected chi connectivity index (χ2v) is 5.63. The lowest BCUT2D eigenvalue weighted by molar-refractivity contribution is -0.132. The van der Waals surface area contributed by atoms with Crippen molar-refractivity contribution in [3.8, 4) is 0 Å². The van der Waals surface area contributed by atoms with Crippen molar-refractivity contribution >= 4 is 17.5 Å². The Morgan fingerprint density at radius 2 is 2.12 bits per heavy atom. The molecule has 0 aromatic rings. The van der Waals surface area contributed by atoms with Crippen LogP contribution in [0.3, 0.4) is 0 Å². The first-order valence-corrected chi connectivity index (χ1v) is 6.83. The number of carbonyl (C=O) groups is 1. The Hall–Kier alpha value is -0.320. The number of alkyl halides is 1. The van der Waals surface area contributed by atoms with Gasteiger partial charge in [0.1, 0.15) is 5.38 Å². The number of ether oxygens (including phenoxy) is 1. The van der Waals surface area contributed by atoms with E-state index in [2.05, 4.69) is 4.90 Å². The van der Waals surface area contributed by atoms with Gasteiger partial charge in [-0.05, 0) is 19.3 Å². The van der Waals surface area contributed by atoms with Crippen LogP contribution in [0.15, 0.2) is 0 Å². The standard InChI is InChI=1S/C12H21ClN2O2/c1-10(13)12(16)15-5-3-14(4-6-15)8-11-2-7-17-9-11/h10-11H,2-9H2,1H3. The van der Waals surface area contributed by atoms with Crippen LogP contribution in [0.25, 0.3) is 0 Å². The van der Waals surface area contributed by atoms with Crippen LogP contribution in [0, 0.1) is 5.92 Å². The molecule has 2 fully saturated rings. The van der Waals surface area contributed by atoms with Gasteiger partial charge in [-0.1, -0.05) is 0 Å². The minimum Gasteiger partial charge on any atom is -0.381 e. The quantitative estimate of drug-likeness (QED) is 0.704. The summed E-state index contributed by atoms with van der Waals surface area (Å²) in [5.41, 5.74) is 0. The summed E-state index contributed by atoms with van der Waals surface area (Å²) in [5.74, 6) is 0.750. The van der Waals surface area contributed by atoms with E-state index in [1.54, 1.807) is 6.92 Å². The molecule has 2 rings (SSSR count). The van der Waals surface area contributed by atoms with E-state index < -0.39 is 5.38 Å². The molecule has 0 spiro atoms. The predicted molar refractivity (Wildman–Crippen MR) is 67.3 cm³/mol. The molecule has 2 unspecified atom stereocenters. The van der Waals surface area contributed by atoms with Crippen LogP contribution in [0.5, 0.6) is 0 Å². The molecule has 17 heavy (non-hydrogen) atoms. The van der Waals surface area contributed by atoms with Gasteiger partial charge in [0.2, 0.25) is 5.91 Å². The first-order valence-electron chi connectivity index (χ1n) is 6.40. The van der Waals surface area contributed by atoms with Gasteiger partial charge in [0.05, 0.1) is 6.61 Å². The van der Waals surface area contributed by atoms with Crippen LogP contribution in [0.2, 0.25) is 0 Å². The number of amides is 1. The lowest BCUT2D eigenvalue weighted by Crippen LogP contribution is -2.51. The number of rotatable bonds is 3. The lowest BCUT2D eigenvalue weighted by Gasteiger charge is -2.36. The van der Waals surface area contributed by atoms with E-state index >= 15 is 0 Å². The van der Waals surface area contributed by atoms with Gasteiger partial charge in [0.15, 0.2) is 0 Å². The normalized spacial score (nSPS) is 28.4. The SMILES string of the molecule is CC(Cl)C(=O)N1CCN(CC2CCOC2)CC1. The van der Waals surface area contributed by atoms with Gasteiger partial charge < -0.3 is 9.64 Å². The fourth-order valence-corrected chi connectivity index (χ4v) is 2.63. The monoisotopic (exact) mass is 260 g/mol. The predicted octanol–water partition coefficient (Wildman–Crippen LogP) is 0.794. The van der Waals surface area contributed by atoms with Crippen molar-refractivity contribution in [1.82, 2.24) is 9.80 Å². The van der Waals surface area contributed by atoms with Crippen LogP contribution in [0.4, 0.5) is 0 Å². The highest BCUT2D eigenvalue weighted by molar-refractivity contribution is 6.30. The average molecular weight is 261 g/mol. The van der Waals surface area contributed by atoms with Gasteiger partial charge in [-0.2, -0.15) is 0 Å². The van der Waals surface area contributed by atoms with E-state index in [4.69, 9.17) is 16.3 Å². The van der Waals surface area contributed by atoms with Gasteiger partial charge >= 0.3 is 0 Å². The molecule has 0 radical (unpaired) electrons. The van der Waals surface area contributed by atoms with E-state index in [0.717, 1.165) is 45.9 Å². The summed E-state index contributed by atoms with van der Waals surface area (Å²) in [6, 6.07) is 0. The third-order valence-electron chi connectivity index (χ3n) is 3.56. The van der Waals surface area contributed by atoms with Crippen LogP contribution in [-0.4, -0.2) is 67.0 Å². The summed E-state index contributed by atoms with van der Waals surface area (Å²) in [6.45, 7) is 8.21. The summed E-state index contributed by atoms with van der Waals surface area (Å²) in [6.07, 6.45) is 1.18. The summed E-state index contributed by atoms with van der Waals surface area (Å²) in [5, 5.41) is -0.398.